The number of hydrogen-bond acceptors (Lipinski definition) is 7. The summed E-state index contributed by atoms with van der Waals surface area (Å²) in [6.07, 6.45) is 1.73. The van der Waals surface area contributed by atoms with Crippen molar-refractivity contribution < 1.29 is 23.8 Å². The molecule has 2 aromatic carbocycles. The second-order valence-corrected chi connectivity index (χ2v) is 9.06. The van der Waals surface area contributed by atoms with E-state index in [1.165, 1.54) is 23.8 Å². The maximum atomic E-state index is 13.0. The number of anilines is 1. The Morgan fingerprint density at radius 1 is 1.23 bits per heavy atom. The van der Waals surface area contributed by atoms with Gasteiger partial charge in [-0.1, -0.05) is 41.6 Å². The van der Waals surface area contributed by atoms with Crippen LogP contribution in [0.15, 0.2) is 45.8 Å². The van der Waals surface area contributed by atoms with Crippen LogP contribution in [0, 0.1) is 0 Å². The van der Waals surface area contributed by atoms with Gasteiger partial charge in [0.15, 0.2) is 22.4 Å². The third kappa shape index (κ3) is 5.60. The summed E-state index contributed by atoms with van der Waals surface area (Å²) in [5.41, 5.74) is 1.32. The van der Waals surface area contributed by atoms with E-state index in [2.05, 4.69) is 20.7 Å². The van der Waals surface area contributed by atoms with Crippen LogP contribution in [0.5, 0.6) is 11.5 Å². The number of methoxy groups -OCH3 is 1. The maximum Gasteiger partial charge on any atom is 0.343 e. The first-order valence-electron chi connectivity index (χ1n) is 9.03. The predicted molar refractivity (Wildman–Crippen MR) is 130 cm³/mol. The van der Waals surface area contributed by atoms with Crippen molar-refractivity contribution >= 4 is 79.5 Å². The number of thioether (sulfide) groups is 1. The lowest BCUT2D eigenvalue weighted by atomic mass is 10.1. The number of benzene rings is 2. The van der Waals surface area contributed by atoms with Gasteiger partial charge in [0.2, 0.25) is 0 Å². The van der Waals surface area contributed by atoms with Crippen molar-refractivity contribution in [1.82, 2.24) is 0 Å². The van der Waals surface area contributed by atoms with Gasteiger partial charge in [0.05, 0.1) is 29.3 Å². The van der Waals surface area contributed by atoms with Crippen molar-refractivity contribution in [1.29, 1.82) is 0 Å². The van der Waals surface area contributed by atoms with E-state index >= 15 is 0 Å². The van der Waals surface area contributed by atoms with Crippen molar-refractivity contribution in [3.63, 3.8) is 0 Å². The van der Waals surface area contributed by atoms with Crippen molar-refractivity contribution in [2.45, 2.75) is 6.92 Å². The summed E-state index contributed by atoms with van der Waals surface area (Å²) in [4.78, 5) is 26.2. The minimum absolute atomic E-state index is 0.232. The molecule has 162 valence electrons. The number of hydrogen-bond donors (Lipinski definition) is 0. The van der Waals surface area contributed by atoms with E-state index in [4.69, 9.17) is 33.3 Å². The number of esters is 1. The molecule has 0 atom stereocenters. The van der Waals surface area contributed by atoms with Gasteiger partial charge in [-0.05, 0) is 64.8 Å². The number of thiocarbonyl (C=S) groups is 1. The number of carbonyl (C=O) groups excluding carboxylic acids is 2. The van der Waals surface area contributed by atoms with Crippen LogP contribution in [0.2, 0.25) is 5.02 Å². The highest BCUT2D eigenvalue weighted by Gasteiger charge is 2.33. The molecule has 1 aliphatic rings. The average Bonchev–Trinajstić information content (AvgIpc) is 3.02. The van der Waals surface area contributed by atoms with Gasteiger partial charge in [-0.25, -0.2) is 4.79 Å². The zero-order valence-corrected chi connectivity index (χ0v) is 20.5. The van der Waals surface area contributed by atoms with Gasteiger partial charge < -0.3 is 14.2 Å². The summed E-state index contributed by atoms with van der Waals surface area (Å²) in [6.45, 7) is 2.01. The maximum absolute atomic E-state index is 13.0. The molecule has 0 unspecified atom stereocenters. The smallest absolute Gasteiger partial charge is 0.343 e. The molecule has 0 spiro atoms. The summed E-state index contributed by atoms with van der Waals surface area (Å²) < 4.78 is 16.8. The Morgan fingerprint density at radius 2 is 2.00 bits per heavy atom. The molecule has 0 aromatic heterocycles. The summed E-state index contributed by atoms with van der Waals surface area (Å²) in [7, 11) is 1.29. The predicted octanol–water partition coefficient (Wildman–Crippen LogP) is 5.46. The van der Waals surface area contributed by atoms with Crippen molar-refractivity contribution in [3.8, 4) is 11.5 Å². The molecule has 31 heavy (non-hydrogen) atoms. The zero-order chi connectivity index (χ0) is 22.5. The summed E-state index contributed by atoms with van der Waals surface area (Å²) in [5.74, 6) is 0.123. The van der Waals surface area contributed by atoms with E-state index < -0.39 is 5.97 Å². The number of nitrogens with zero attached hydrogens (tertiary/aromatic N) is 1. The third-order valence-electron chi connectivity index (χ3n) is 4.09. The Labute approximate surface area is 202 Å². The van der Waals surface area contributed by atoms with Crippen molar-refractivity contribution in [3.05, 3.63) is 56.4 Å². The lowest BCUT2D eigenvalue weighted by Crippen LogP contribution is -2.27. The number of amides is 1. The highest BCUT2D eigenvalue weighted by atomic mass is 79.9. The fraction of sp³-hybridized carbons (Fsp3) is 0.190. The molecule has 1 aliphatic heterocycles. The number of halogens is 2. The second kappa shape index (κ2) is 10.5. The number of carbonyl (C=O) groups is 2. The van der Waals surface area contributed by atoms with Crippen LogP contribution in [-0.4, -0.2) is 36.5 Å². The van der Waals surface area contributed by atoms with Gasteiger partial charge >= 0.3 is 5.97 Å². The molecule has 1 heterocycles. The van der Waals surface area contributed by atoms with E-state index in [0.717, 1.165) is 10.0 Å². The Morgan fingerprint density at radius 3 is 2.68 bits per heavy atom. The van der Waals surface area contributed by atoms with Crippen molar-refractivity contribution in [2.75, 3.05) is 25.2 Å². The molecule has 1 amide bonds. The molecule has 1 saturated heterocycles. The van der Waals surface area contributed by atoms with E-state index in [0.29, 0.717) is 38.0 Å². The SMILES string of the molecule is CCOc1cc(/C=C2/SC(=S)N(c3ccc(Br)c(Cl)c3)C2=O)ccc1OCC(=O)OC. The van der Waals surface area contributed by atoms with Crippen LogP contribution < -0.4 is 14.4 Å². The summed E-state index contributed by atoms with van der Waals surface area (Å²) >= 11 is 16.1. The topological polar surface area (TPSA) is 65.1 Å². The first-order chi connectivity index (χ1) is 14.8. The van der Waals surface area contributed by atoms with Gasteiger partial charge in [0, 0.05) is 4.47 Å². The van der Waals surface area contributed by atoms with Crippen LogP contribution in [-0.2, 0) is 14.3 Å². The first kappa shape index (κ1) is 23.6. The average molecular weight is 543 g/mol. The molecule has 0 N–H and O–H groups in total. The molecular weight excluding hydrogens is 526 g/mol. The van der Waals surface area contributed by atoms with Crippen molar-refractivity contribution in [2.24, 2.45) is 0 Å². The molecule has 3 rings (SSSR count). The number of rotatable bonds is 7. The van der Waals surface area contributed by atoms with E-state index in [1.54, 1.807) is 42.5 Å². The molecule has 6 nitrogen and oxygen atoms in total. The highest BCUT2D eigenvalue weighted by molar-refractivity contribution is 9.10. The molecule has 0 radical (unpaired) electrons. The first-order valence-corrected chi connectivity index (χ1v) is 11.4. The minimum atomic E-state index is -0.497. The normalized spacial score (nSPS) is 14.8. The van der Waals surface area contributed by atoms with Crippen LogP contribution in [0.3, 0.4) is 0 Å². The van der Waals surface area contributed by atoms with Crippen LogP contribution in [0.4, 0.5) is 5.69 Å². The Kier molecular flexibility index (Phi) is 7.99. The van der Waals surface area contributed by atoms with E-state index in [1.807, 2.05) is 6.92 Å². The van der Waals surface area contributed by atoms with Crippen LogP contribution in [0.25, 0.3) is 6.08 Å². The fourth-order valence-electron chi connectivity index (χ4n) is 2.66. The van der Waals surface area contributed by atoms with Gasteiger partial charge in [0.25, 0.3) is 5.91 Å². The largest absolute Gasteiger partial charge is 0.490 e. The molecule has 0 aliphatic carbocycles. The lowest BCUT2D eigenvalue weighted by Gasteiger charge is -2.15. The summed E-state index contributed by atoms with van der Waals surface area (Å²) in [5, 5.41) is 0.486. The van der Waals surface area contributed by atoms with Gasteiger partial charge in [-0.15, -0.1) is 0 Å². The monoisotopic (exact) mass is 541 g/mol. The zero-order valence-electron chi connectivity index (χ0n) is 16.5. The standard InChI is InChI=1S/C21H17BrClNO5S2/c1-3-28-17-8-12(4-7-16(17)29-11-19(25)27-2)9-18-20(26)24(21(30)31-18)13-5-6-14(22)15(23)10-13/h4-10H,3,11H2,1-2H3/b18-9+. The molecule has 2 aromatic rings. The van der Waals surface area contributed by atoms with Gasteiger partial charge in [-0.2, -0.15) is 0 Å². The molecular formula is C21H17BrClNO5S2. The Balaban J connectivity index is 1.86. The second-order valence-electron chi connectivity index (χ2n) is 6.12. The van der Waals surface area contributed by atoms with Crippen LogP contribution >= 0.6 is 51.5 Å². The minimum Gasteiger partial charge on any atom is -0.490 e. The molecule has 0 saturated carbocycles. The van der Waals surface area contributed by atoms with Crippen LogP contribution in [0.1, 0.15) is 12.5 Å². The van der Waals surface area contributed by atoms with E-state index in [-0.39, 0.29) is 12.5 Å². The summed E-state index contributed by atoms with van der Waals surface area (Å²) in [6, 6.07) is 10.4. The highest BCUT2D eigenvalue weighted by Crippen LogP contribution is 2.38. The Bertz CT molecular complexity index is 1080. The molecule has 0 bridgehead atoms. The Hall–Kier alpha value is -2.07. The number of ether oxygens (including phenoxy) is 3. The molecule has 1 fully saturated rings. The lowest BCUT2D eigenvalue weighted by molar-refractivity contribution is -0.142. The van der Waals surface area contributed by atoms with E-state index in [9.17, 15) is 9.59 Å². The van der Waals surface area contributed by atoms with Gasteiger partial charge in [-0.3, -0.25) is 9.69 Å². The quantitative estimate of drug-likeness (QED) is 0.262. The van der Waals surface area contributed by atoms with Gasteiger partial charge in [0.1, 0.15) is 0 Å². The molecule has 10 heteroatoms. The fourth-order valence-corrected chi connectivity index (χ4v) is 4.38. The third-order valence-corrected chi connectivity index (χ3v) is 6.63.